The van der Waals surface area contributed by atoms with Crippen molar-refractivity contribution in [3.63, 3.8) is 0 Å². The molecule has 0 unspecified atom stereocenters. The Morgan fingerprint density at radius 3 is 3.05 bits per heavy atom. The Morgan fingerprint density at radius 2 is 2.29 bits per heavy atom. The standard InChI is InChI=1S/C16H20N2OS.H2S/c1-17-9-8-15(16-18-10-11-20-16)19-14-7-3-5-12-4-2-6-13(12)14;/h3,5,7,10-11,15,17H,2,4,6,8-9H2,1H3;1H2/t15-;/m0./s1. The molecule has 3 nitrogen and oxygen atoms in total. The number of aromatic nitrogens is 1. The van der Waals surface area contributed by atoms with Crippen molar-refractivity contribution < 1.29 is 4.74 Å². The zero-order valence-corrected chi connectivity index (χ0v) is 14.1. The largest absolute Gasteiger partial charge is 0.483 e. The van der Waals surface area contributed by atoms with Gasteiger partial charge in [0.2, 0.25) is 0 Å². The lowest BCUT2D eigenvalue weighted by molar-refractivity contribution is 0.193. The molecule has 1 aliphatic rings. The lowest BCUT2D eigenvalue weighted by Gasteiger charge is -2.19. The molecule has 0 amide bonds. The third-order valence-electron chi connectivity index (χ3n) is 3.76. The van der Waals surface area contributed by atoms with Crippen LogP contribution in [-0.2, 0) is 12.8 Å². The number of hydrogen-bond donors (Lipinski definition) is 1. The maximum absolute atomic E-state index is 6.31. The quantitative estimate of drug-likeness (QED) is 0.884. The molecule has 2 aromatic rings. The number of ether oxygens (including phenoxy) is 1. The van der Waals surface area contributed by atoms with Crippen molar-refractivity contribution in [1.29, 1.82) is 0 Å². The van der Waals surface area contributed by atoms with Gasteiger partial charge in [0, 0.05) is 18.0 Å². The van der Waals surface area contributed by atoms with Gasteiger partial charge in [-0.15, -0.1) is 11.3 Å². The molecule has 0 saturated heterocycles. The molecule has 0 radical (unpaired) electrons. The van der Waals surface area contributed by atoms with Crippen molar-refractivity contribution in [1.82, 2.24) is 10.3 Å². The maximum Gasteiger partial charge on any atom is 0.151 e. The fourth-order valence-corrected chi connectivity index (χ4v) is 3.45. The first kappa shape index (κ1) is 16.3. The Labute approximate surface area is 137 Å². The van der Waals surface area contributed by atoms with E-state index in [2.05, 4.69) is 28.5 Å². The molecular formula is C16H22N2OS2. The molecule has 114 valence electrons. The zero-order valence-electron chi connectivity index (χ0n) is 12.3. The van der Waals surface area contributed by atoms with E-state index in [1.165, 1.54) is 24.0 Å². The van der Waals surface area contributed by atoms with Gasteiger partial charge in [0.1, 0.15) is 10.8 Å². The summed E-state index contributed by atoms with van der Waals surface area (Å²) in [4.78, 5) is 4.42. The topological polar surface area (TPSA) is 34.1 Å². The SMILES string of the molecule is CNCC[C@H](Oc1cccc2c1CCC2)c1nccs1.S. The van der Waals surface area contributed by atoms with Gasteiger partial charge in [-0.25, -0.2) is 4.98 Å². The van der Waals surface area contributed by atoms with E-state index in [9.17, 15) is 0 Å². The van der Waals surface area contributed by atoms with E-state index >= 15 is 0 Å². The molecule has 0 aliphatic heterocycles. The molecule has 0 spiro atoms. The normalized spacial score (nSPS) is 14.3. The average molecular weight is 322 g/mol. The first-order valence-corrected chi connectivity index (χ1v) is 8.08. The van der Waals surface area contributed by atoms with E-state index in [4.69, 9.17) is 4.74 Å². The van der Waals surface area contributed by atoms with Crippen LogP contribution in [0.3, 0.4) is 0 Å². The van der Waals surface area contributed by atoms with E-state index in [0.717, 1.165) is 30.1 Å². The molecule has 0 bridgehead atoms. The monoisotopic (exact) mass is 322 g/mol. The fraction of sp³-hybridized carbons (Fsp3) is 0.438. The minimum atomic E-state index is 0. The number of thiazole rings is 1. The minimum Gasteiger partial charge on any atom is -0.483 e. The Balaban J connectivity index is 0.00000161. The van der Waals surface area contributed by atoms with Crippen molar-refractivity contribution in [2.75, 3.05) is 13.6 Å². The van der Waals surface area contributed by atoms with Crippen LogP contribution < -0.4 is 10.1 Å². The second-order valence-corrected chi connectivity index (χ2v) is 6.04. The Bertz CT molecular complexity index is 557. The summed E-state index contributed by atoms with van der Waals surface area (Å²) in [5, 5.41) is 6.28. The summed E-state index contributed by atoms with van der Waals surface area (Å²) in [6.07, 6.45) is 6.41. The third-order valence-corrected chi connectivity index (χ3v) is 4.62. The number of benzene rings is 1. The summed E-state index contributed by atoms with van der Waals surface area (Å²) in [6, 6.07) is 6.43. The van der Waals surface area contributed by atoms with Crippen LogP contribution in [0.4, 0.5) is 0 Å². The summed E-state index contributed by atoms with van der Waals surface area (Å²) in [5.74, 6) is 1.05. The molecule has 1 aromatic carbocycles. The van der Waals surface area contributed by atoms with Crippen molar-refractivity contribution >= 4 is 24.8 Å². The molecule has 5 heteroatoms. The van der Waals surface area contributed by atoms with Crippen LogP contribution in [0.2, 0.25) is 0 Å². The Hall–Kier alpha value is -1.04. The first-order valence-electron chi connectivity index (χ1n) is 7.20. The van der Waals surface area contributed by atoms with Gasteiger partial charge >= 0.3 is 0 Å². The van der Waals surface area contributed by atoms with E-state index in [0.29, 0.717) is 0 Å². The predicted octanol–water partition coefficient (Wildman–Crippen LogP) is 3.47. The van der Waals surface area contributed by atoms with E-state index in [1.807, 2.05) is 18.6 Å². The van der Waals surface area contributed by atoms with Crippen molar-refractivity contribution in [3.05, 3.63) is 45.9 Å². The number of nitrogens with one attached hydrogen (secondary N) is 1. The number of hydrogen-bond acceptors (Lipinski definition) is 4. The Kier molecular flexibility index (Phi) is 6.08. The van der Waals surface area contributed by atoms with Crippen molar-refractivity contribution in [2.24, 2.45) is 0 Å². The third kappa shape index (κ3) is 3.78. The lowest BCUT2D eigenvalue weighted by atomic mass is 10.1. The molecule has 21 heavy (non-hydrogen) atoms. The van der Waals surface area contributed by atoms with E-state index in [-0.39, 0.29) is 19.6 Å². The summed E-state index contributed by atoms with van der Waals surface area (Å²) in [5.41, 5.74) is 2.85. The Morgan fingerprint density at radius 1 is 1.38 bits per heavy atom. The van der Waals surface area contributed by atoms with Crippen LogP contribution >= 0.6 is 24.8 Å². The van der Waals surface area contributed by atoms with Gasteiger partial charge < -0.3 is 10.1 Å². The van der Waals surface area contributed by atoms with Crippen LogP contribution in [0.15, 0.2) is 29.8 Å². The zero-order chi connectivity index (χ0) is 13.8. The second kappa shape index (κ2) is 7.82. The minimum absolute atomic E-state index is 0. The van der Waals surface area contributed by atoms with Gasteiger partial charge in [0.05, 0.1) is 0 Å². The number of fused-ring (bicyclic) bond motifs is 1. The van der Waals surface area contributed by atoms with Gasteiger partial charge in [0.25, 0.3) is 0 Å². The number of rotatable bonds is 6. The van der Waals surface area contributed by atoms with Gasteiger partial charge in [0.15, 0.2) is 6.10 Å². The molecule has 1 N–H and O–H groups in total. The average Bonchev–Trinajstić information content (AvgIpc) is 3.14. The maximum atomic E-state index is 6.31. The van der Waals surface area contributed by atoms with Gasteiger partial charge in [-0.3, -0.25) is 0 Å². The van der Waals surface area contributed by atoms with Gasteiger partial charge in [-0.1, -0.05) is 12.1 Å². The molecule has 0 saturated carbocycles. The number of nitrogens with zero attached hydrogens (tertiary/aromatic N) is 1. The molecule has 1 atom stereocenters. The summed E-state index contributed by atoms with van der Waals surface area (Å²) < 4.78 is 6.31. The van der Waals surface area contributed by atoms with Crippen LogP contribution in [0.1, 0.15) is 35.1 Å². The summed E-state index contributed by atoms with van der Waals surface area (Å²) in [7, 11) is 1.97. The van der Waals surface area contributed by atoms with Gasteiger partial charge in [-0.05, 0) is 50.0 Å². The van der Waals surface area contributed by atoms with E-state index < -0.39 is 0 Å². The summed E-state index contributed by atoms with van der Waals surface area (Å²) >= 11 is 1.67. The smallest absolute Gasteiger partial charge is 0.151 e. The molecular weight excluding hydrogens is 300 g/mol. The second-order valence-electron chi connectivity index (χ2n) is 5.12. The highest BCUT2D eigenvalue weighted by Crippen LogP contribution is 2.34. The van der Waals surface area contributed by atoms with Crippen LogP contribution in [0, 0.1) is 0 Å². The van der Waals surface area contributed by atoms with Crippen molar-refractivity contribution in [3.8, 4) is 5.75 Å². The number of aryl methyl sites for hydroxylation is 1. The van der Waals surface area contributed by atoms with Crippen molar-refractivity contribution in [2.45, 2.75) is 31.8 Å². The molecule has 0 fully saturated rings. The molecule has 1 heterocycles. The summed E-state index contributed by atoms with van der Waals surface area (Å²) in [6.45, 7) is 0.930. The highest BCUT2D eigenvalue weighted by atomic mass is 32.1. The molecule has 1 aliphatic carbocycles. The highest BCUT2D eigenvalue weighted by molar-refractivity contribution is 7.59. The lowest BCUT2D eigenvalue weighted by Crippen LogP contribution is -2.16. The molecule has 1 aromatic heterocycles. The highest BCUT2D eigenvalue weighted by Gasteiger charge is 2.20. The predicted molar refractivity (Wildman–Crippen MR) is 92.9 cm³/mol. The van der Waals surface area contributed by atoms with Crippen LogP contribution in [-0.4, -0.2) is 18.6 Å². The fourth-order valence-electron chi connectivity index (χ4n) is 2.75. The van der Waals surface area contributed by atoms with Crippen LogP contribution in [0.5, 0.6) is 5.75 Å². The van der Waals surface area contributed by atoms with Gasteiger partial charge in [-0.2, -0.15) is 13.5 Å². The van der Waals surface area contributed by atoms with E-state index in [1.54, 1.807) is 11.3 Å². The van der Waals surface area contributed by atoms with Crippen LogP contribution in [0.25, 0.3) is 0 Å². The first-order chi connectivity index (χ1) is 9.88. The molecule has 3 rings (SSSR count).